The van der Waals surface area contributed by atoms with Gasteiger partial charge in [-0.2, -0.15) is 0 Å². The van der Waals surface area contributed by atoms with Crippen molar-refractivity contribution in [2.45, 2.75) is 119 Å². The van der Waals surface area contributed by atoms with Crippen LogP contribution in [-0.4, -0.2) is 39.6 Å². The first kappa shape index (κ1) is 36.1. The predicted octanol–water partition coefficient (Wildman–Crippen LogP) is 9.71. The molecule has 0 saturated carbocycles. The van der Waals surface area contributed by atoms with Gasteiger partial charge in [0.25, 0.3) is 0 Å². The van der Waals surface area contributed by atoms with Crippen LogP contribution in [0.1, 0.15) is 124 Å². The Morgan fingerprint density at radius 3 is 1.80 bits per heavy atom. The summed E-state index contributed by atoms with van der Waals surface area (Å²) < 4.78 is 50.6. The van der Waals surface area contributed by atoms with Crippen molar-refractivity contribution in [1.82, 2.24) is 0 Å². The fraction of sp³-hybridized carbons (Fsp3) is 0.818. The molecule has 41 heavy (non-hydrogen) atoms. The van der Waals surface area contributed by atoms with E-state index in [1.165, 1.54) is 19.3 Å². The molecule has 0 amide bonds. The van der Waals surface area contributed by atoms with Crippen molar-refractivity contribution >= 4 is 7.60 Å². The highest BCUT2D eigenvalue weighted by Crippen LogP contribution is 2.53. The molecule has 0 bridgehead atoms. The second-order valence-corrected chi connectivity index (χ2v) is 14.2. The first-order valence-electron chi connectivity index (χ1n) is 16.2. The maximum Gasteiger partial charge on any atom is 0.335 e. The molecule has 2 unspecified atom stereocenters. The van der Waals surface area contributed by atoms with E-state index in [4.69, 9.17) is 28.0 Å². The Balaban J connectivity index is 2.52. The average molecular weight is 599 g/mol. The maximum absolute atomic E-state index is 13.7. The van der Waals surface area contributed by atoms with Gasteiger partial charge in [0.2, 0.25) is 0 Å². The first-order chi connectivity index (χ1) is 19.6. The standard InChI is InChI=1S/C33H59O7P/c1-9-15-17-26(11-3)21-35-30-20-29(32-37-24-33(7,8)25-38-32)31(36-22-27(12-4)18-16-10-2)19-28(30)23-41(34,39-13-5)40-14-6/h19-20,26-27,32H,9-18,21-25H2,1-8H3. The molecule has 1 fully saturated rings. The smallest absolute Gasteiger partial charge is 0.335 e. The van der Waals surface area contributed by atoms with Crippen LogP contribution in [0.25, 0.3) is 0 Å². The van der Waals surface area contributed by atoms with Gasteiger partial charge in [0.05, 0.1) is 51.4 Å². The number of hydrogen-bond acceptors (Lipinski definition) is 7. The van der Waals surface area contributed by atoms with Gasteiger partial charge >= 0.3 is 7.60 Å². The summed E-state index contributed by atoms with van der Waals surface area (Å²) in [6.45, 7) is 19.8. The van der Waals surface area contributed by atoms with Gasteiger partial charge < -0.3 is 28.0 Å². The fourth-order valence-corrected chi connectivity index (χ4v) is 6.71. The summed E-state index contributed by atoms with van der Waals surface area (Å²) in [6, 6.07) is 3.94. The Labute approximate surface area is 250 Å². The van der Waals surface area contributed by atoms with Crippen LogP contribution in [0.4, 0.5) is 0 Å². The second kappa shape index (κ2) is 18.5. The molecule has 1 heterocycles. The van der Waals surface area contributed by atoms with Gasteiger partial charge in [0.15, 0.2) is 6.29 Å². The highest BCUT2D eigenvalue weighted by molar-refractivity contribution is 7.53. The van der Waals surface area contributed by atoms with Crippen molar-refractivity contribution in [3.05, 3.63) is 23.3 Å². The van der Waals surface area contributed by atoms with Gasteiger partial charge in [-0.3, -0.25) is 4.57 Å². The zero-order valence-corrected chi connectivity index (χ0v) is 28.2. The Morgan fingerprint density at radius 2 is 1.34 bits per heavy atom. The van der Waals surface area contributed by atoms with Crippen LogP contribution >= 0.6 is 7.60 Å². The van der Waals surface area contributed by atoms with Crippen LogP contribution in [0.3, 0.4) is 0 Å². The molecular weight excluding hydrogens is 539 g/mol. The average Bonchev–Trinajstić information content (AvgIpc) is 2.94. The number of ether oxygens (including phenoxy) is 4. The van der Waals surface area contributed by atoms with Gasteiger partial charge in [-0.05, 0) is 50.7 Å². The number of benzene rings is 1. The van der Waals surface area contributed by atoms with Gasteiger partial charge in [0.1, 0.15) is 11.5 Å². The minimum absolute atomic E-state index is 0.0561. The third-order valence-corrected chi connectivity index (χ3v) is 9.78. The third-order valence-electron chi connectivity index (χ3n) is 7.75. The molecule has 0 radical (unpaired) electrons. The third kappa shape index (κ3) is 12.2. The van der Waals surface area contributed by atoms with Gasteiger partial charge in [-0.25, -0.2) is 0 Å². The fourth-order valence-electron chi connectivity index (χ4n) is 5.00. The summed E-state index contributed by atoms with van der Waals surface area (Å²) >= 11 is 0. The van der Waals surface area contributed by atoms with Gasteiger partial charge in [-0.1, -0.05) is 80.1 Å². The van der Waals surface area contributed by atoms with E-state index in [1.54, 1.807) is 0 Å². The quantitative estimate of drug-likeness (QED) is 0.130. The molecule has 1 aromatic carbocycles. The molecule has 1 aromatic rings. The first-order valence-corrected chi connectivity index (χ1v) is 17.9. The Kier molecular flexibility index (Phi) is 16.3. The highest BCUT2D eigenvalue weighted by Gasteiger charge is 2.33. The summed E-state index contributed by atoms with van der Waals surface area (Å²) in [5.41, 5.74) is 1.52. The Hall–Kier alpha value is -1.11. The zero-order valence-electron chi connectivity index (χ0n) is 27.3. The van der Waals surface area contributed by atoms with E-state index in [0.717, 1.165) is 43.2 Å². The van der Waals surface area contributed by atoms with Gasteiger partial charge in [0, 0.05) is 11.0 Å². The van der Waals surface area contributed by atoms with E-state index in [1.807, 2.05) is 26.0 Å². The van der Waals surface area contributed by atoms with Crippen molar-refractivity contribution in [2.75, 3.05) is 39.6 Å². The monoisotopic (exact) mass is 598 g/mol. The zero-order chi connectivity index (χ0) is 30.3. The molecular formula is C33H59O7P. The van der Waals surface area contributed by atoms with Crippen LogP contribution in [0.2, 0.25) is 0 Å². The SMILES string of the molecule is CCCCC(CC)COc1cc(C2OCC(C)(C)CO2)c(OCC(CC)CCCC)cc1CP(=O)(OCC)OCC. The molecule has 0 spiro atoms. The van der Waals surface area contributed by atoms with E-state index in [-0.39, 0.29) is 11.6 Å². The van der Waals surface area contributed by atoms with Crippen LogP contribution in [0, 0.1) is 17.3 Å². The molecule has 7 nitrogen and oxygen atoms in total. The summed E-state index contributed by atoms with van der Waals surface area (Å²) in [5.74, 6) is 2.25. The van der Waals surface area contributed by atoms with Gasteiger partial charge in [-0.15, -0.1) is 0 Å². The van der Waals surface area contributed by atoms with Crippen molar-refractivity contribution in [3.8, 4) is 11.5 Å². The molecule has 2 rings (SSSR count). The number of hydrogen-bond donors (Lipinski definition) is 0. The number of rotatable bonds is 21. The Bertz CT molecular complexity index is 899. The topological polar surface area (TPSA) is 72.5 Å². The van der Waals surface area contributed by atoms with Crippen LogP contribution in [0.15, 0.2) is 12.1 Å². The predicted molar refractivity (Wildman–Crippen MR) is 167 cm³/mol. The number of unbranched alkanes of at least 4 members (excludes halogenated alkanes) is 2. The molecule has 0 N–H and O–H groups in total. The minimum atomic E-state index is -3.38. The molecule has 1 aliphatic rings. The Morgan fingerprint density at radius 1 is 0.829 bits per heavy atom. The van der Waals surface area contributed by atoms with E-state index in [0.29, 0.717) is 63.0 Å². The second-order valence-electron chi connectivity index (χ2n) is 12.2. The van der Waals surface area contributed by atoms with Crippen LogP contribution in [-0.2, 0) is 29.2 Å². The summed E-state index contributed by atoms with van der Waals surface area (Å²) in [5, 5.41) is 0. The lowest BCUT2D eigenvalue weighted by Gasteiger charge is -2.35. The maximum atomic E-state index is 13.7. The molecule has 2 atom stereocenters. The van der Waals surface area contributed by atoms with E-state index in [9.17, 15) is 4.57 Å². The molecule has 1 aliphatic heterocycles. The molecule has 0 aromatic heterocycles. The van der Waals surface area contributed by atoms with Crippen molar-refractivity contribution < 1.29 is 32.6 Å². The highest BCUT2D eigenvalue weighted by atomic mass is 31.2. The largest absolute Gasteiger partial charge is 0.493 e. The summed E-state index contributed by atoms with van der Waals surface area (Å²) in [4.78, 5) is 0. The summed E-state index contributed by atoms with van der Waals surface area (Å²) in [6.07, 6.45) is 8.57. The van der Waals surface area contributed by atoms with E-state index < -0.39 is 13.9 Å². The lowest BCUT2D eigenvalue weighted by atomic mass is 9.95. The normalized spacial score (nSPS) is 17.4. The van der Waals surface area contributed by atoms with Crippen molar-refractivity contribution in [2.24, 2.45) is 17.3 Å². The molecule has 1 saturated heterocycles. The summed E-state index contributed by atoms with van der Waals surface area (Å²) in [7, 11) is -3.38. The minimum Gasteiger partial charge on any atom is -0.493 e. The van der Waals surface area contributed by atoms with E-state index in [2.05, 4.69) is 41.5 Å². The van der Waals surface area contributed by atoms with Crippen LogP contribution in [0.5, 0.6) is 11.5 Å². The molecule has 0 aliphatic carbocycles. The van der Waals surface area contributed by atoms with E-state index >= 15 is 0 Å². The molecule has 238 valence electrons. The lowest BCUT2D eigenvalue weighted by molar-refractivity contribution is -0.226. The van der Waals surface area contributed by atoms with Crippen molar-refractivity contribution in [3.63, 3.8) is 0 Å². The molecule has 8 heteroatoms. The van der Waals surface area contributed by atoms with Crippen molar-refractivity contribution in [1.29, 1.82) is 0 Å². The van der Waals surface area contributed by atoms with Crippen LogP contribution < -0.4 is 9.47 Å². The lowest BCUT2D eigenvalue weighted by Crippen LogP contribution is -2.34.